The number of hydrogen-bond donors (Lipinski definition) is 20. The van der Waals surface area contributed by atoms with E-state index in [0.717, 1.165) is 59.2 Å². The number of phenolic OH excluding ortho intramolecular Hbond substituents is 3. The summed E-state index contributed by atoms with van der Waals surface area (Å²) >= 11 is 20.7. The van der Waals surface area contributed by atoms with Crippen LogP contribution in [0.3, 0.4) is 0 Å². The zero-order valence-corrected chi connectivity index (χ0v) is 70.4. The second-order valence-electron chi connectivity index (χ2n) is 31.8. The summed E-state index contributed by atoms with van der Waals surface area (Å²) in [6.07, 6.45) is -15.3. The number of rotatable bonds is 23. The van der Waals surface area contributed by atoms with Crippen molar-refractivity contribution in [1.82, 2.24) is 52.8 Å². The highest BCUT2D eigenvalue weighted by Crippen LogP contribution is 2.51. The summed E-state index contributed by atoms with van der Waals surface area (Å²) in [6.45, 7) is 6.46. The molecule has 14 rings (SSSR count). The number of likely N-dealkylation sites (N-methyl/N-ethyl adjacent to an activating group) is 2. The van der Waals surface area contributed by atoms with Gasteiger partial charge >= 0.3 is 5.97 Å². The van der Waals surface area contributed by atoms with Gasteiger partial charge in [-0.15, -0.1) is 0 Å². The number of carbonyl (C=O) groups is 8. The largest absolute Gasteiger partial charge is 0.507 e. The minimum Gasteiger partial charge on any atom is -0.507 e. The van der Waals surface area contributed by atoms with Gasteiger partial charge in [0.1, 0.15) is 95.6 Å². The second kappa shape index (κ2) is 39.6. The molecule has 7 aliphatic rings. The lowest BCUT2D eigenvalue weighted by Gasteiger charge is -2.47. The van der Waals surface area contributed by atoms with E-state index in [0.29, 0.717) is 11.6 Å². The number of carbonyl (C=O) groups excluding carboxylic acids is 7. The molecule has 7 aromatic carbocycles. The molecular formula is C86H98Cl3N11O24. The number of halogens is 3. The maximum Gasteiger partial charge on any atom is 0.330 e. The average molecular weight is 1780 g/mol. The minimum atomic E-state index is -2.38. The highest BCUT2D eigenvalue weighted by molar-refractivity contribution is 6.32. The van der Waals surface area contributed by atoms with Gasteiger partial charge in [-0.05, 0) is 153 Å². The molecular weight excluding hydrogens is 1680 g/mol. The van der Waals surface area contributed by atoms with Crippen LogP contribution in [0.15, 0.2) is 121 Å². The van der Waals surface area contributed by atoms with Crippen LogP contribution in [0.5, 0.6) is 46.0 Å². The van der Waals surface area contributed by atoms with Gasteiger partial charge in [-0.25, -0.2) is 4.79 Å². The van der Waals surface area contributed by atoms with Gasteiger partial charge in [-0.2, -0.15) is 0 Å². The van der Waals surface area contributed by atoms with E-state index in [4.69, 9.17) is 69.0 Å². The van der Waals surface area contributed by atoms with Crippen LogP contribution >= 0.6 is 34.8 Å². The van der Waals surface area contributed by atoms with Crippen LogP contribution in [0.4, 0.5) is 0 Å². The first-order chi connectivity index (χ1) is 58.9. The van der Waals surface area contributed by atoms with Crippen LogP contribution in [0.1, 0.15) is 127 Å². The predicted octanol–water partition coefficient (Wildman–Crippen LogP) is 4.41. The Morgan fingerprint density at radius 2 is 1.30 bits per heavy atom. The van der Waals surface area contributed by atoms with E-state index in [1.807, 2.05) is 67.3 Å². The summed E-state index contributed by atoms with van der Waals surface area (Å²) in [4.78, 5) is 124. The third-order valence-electron chi connectivity index (χ3n) is 22.1. The number of carboxylic acids is 1. The molecule has 0 radical (unpaired) electrons. The number of phenols is 3. The molecule has 11 bridgehead atoms. The average Bonchev–Trinajstić information content (AvgIpc) is 0.754. The summed E-state index contributed by atoms with van der Waals surface area (Å²) in [7, 11) is 5.07. The fourth-order valence-corrected chi connectivity index (χ4v) is 15.8. The van der Waals surface area contributed by atoms with Crippen molar-refractivity contribution in [3.8, 4) is 57.1 Å². The topological polar surface area (TPSA) is 532 Å². The molecule has 0 unspecified atom stereocenters. The Bertz CT molecular complexity index is 5190. The van der Waals surface area contributed by atoms with E-state index in [1.165, 1.54) is 37.4 Å². The first-order valence-corrected chi connectivity index (χ1v) is 40.9. The van der Waals surface area contributed by atoms with Gasteiger partial charge < -0.3 is 138 Å². The standard InChI is InChI=1S/C86H98Cl3N11O24/c1-38(2)26-53(91-5)78(111)98-68-70(105)44-17-22-57(51(88)28-44)120-59-30-46-31-60(76(59)124-85-74(109)73(108)72(107)61(37-101)122-85)121-58-23-18-45(29-52(58)89)75(123-63-34-86(4,77(110)39(3)119-63)93-35-42-12-10-40(11-13-42)8-9-41-14-19-47(87)20-15-41)69-83(116)97-67(84(117)118)49-32-56(103)50(36-92-24-25-100(6)7)71(106)64(49)48-27-43(16-21-55(48)102)65(80(113)99-69)96-81(114)66(46)95-79(112)54(33-62(90)104)94-82(68)115/h8-23,27-32,38-39,53-54,61,63,65-70,72-75,77,85,91-93,101-103,105-110H,24-26,33-37H2,1-7H3,(H2,90,104)(H,94,115)(H,95,112)(H,96,114)(H,97,116)(H,98,111)(H,99,113)(H,117,118)/b9-8+/t39-,53+,54-,61+,63-,65+,66+,67-,68+,69-,70+,72+,73-,74+,75+,77-,85-,86-/m0/s1. The number of nitrogens with zero attached hydrogens (tertiary/aromatic N) is 1. The molecule has 7 aromatic rings. The number of amides is 7. The Morgan fingerprint density at radius 1 is 0.685 bits per heavy atom. The lowest BCUT2D eigenvalue weighted by atomic mass is 9.84. The van der Waals surface area contributed by atoms with Gasteiger partial charge in [0.05, 0.1) is 46.9 Å². The van der Waals surface area contributed by atoms with Crippen LogP contribution in [0, 0.1) is 5.92 Å². The van der Waals surface area contributed by atoms with Crippen LogP contribution in [-0.2, 0) is 65.7 Å². The summed E-state index contributed by atoms with van der Waals surface area (Å²) in [5.41, 5.74) is 4.05. The van der Waals surface area contributed by atoms with E-state index in [9.17, 15) is 65.4 Å². The molecule has 0 saturated carbocycles. The number of fused-ring (bicyclic) bond motifs is 15. The number of primary amides is 1. The molecule has 662 valence electrons. The molecule has 7 heterocycles. The third-order valence-corrected chi connectivity index (χ3v) is 22.9. The highest BCUT2D eigenvalue weighted by Gasteiger charge is 2.50. The van der Waals surface area contributed by atoms with Crippen LogP contribution in [0.2, 0.25) is 15.1 Å². The number of aromatic hydroxyl groups is 3. The molecule has 18 atom stereocenters. The van der Waals surface area contributed by atoms with Crippen molar-refractivity contribution in [1.29, 1.82) is 0 Å². The van der Waals surface area contributed by atoms with Crippen LogP contribution in [0.25, 0.3) is 23.3 Å². The van der Waals surface area contributed by atoms with Gasteiger partial charge in [-0.3, -0.25) is 33.6 Å². The molecule has 7 amide bonds. The summed E-state index contributed by atoms with van der Waals surface area (Å²) in [5, 5.41) is 142. The van der Waals surface area contributed by atoms with Crippen LogP contribution < -0.4 is 67.8 Å². The smallest absolute Gasteiger partial charge is 0.330 e. The van der Waals surface area contributed by atoms with Crippen molar-refractivity contribution >= 4 is 94.3 Å². The third kappa shape index (κ3) is 21.1. The predicted molar refractivity (Wildman–Crippen MR) is 449 cm³/mol. The van der Waals surface area contributed by atoms with Crippen molar-refractivity contribution in [2.75, 3.05) is 40.8 Å². The quantitative estimate of drug-likeness (QED) is 0.0311. The SMILES string of the molecule is CN[C@H](CC(C)C)C(=O)N[C@H]1C(=O)N[C@@H](CC(N)=O)C(=O)N[C@H]2C(=O)N[C@H]3C(=O)N[C@H](C(=O)N[C@H](C(=O)O)c4cc(O)c(CNCCN(C)C)c(O)c4-c4cc3ccc4O)[C@H](O[C@H]3C[C@](C)(NCc4ccc(/C=C/c5ccc(Cl)cc5)cc4)[C@@H](O)[C@H](C)O3)c3ccc(c(Cl)c3)Oc3cc2cc(c3O[C@@H]2O[C@H](CO)[C@@H](O)[C@H](O)[C@H]2O)Oc2ccc(cc2Cl)[C@H]1O. The summed E-state index contributed by atoms with van der Waals surface area (Å²) in [5.74, 6) is -16.0. The van der Waals surface area contributed by atoms with E-state index >= 15 is 24.0 Å². The zero-order valence-electron chi connectivity index (χ0n) is 68.1. The fourth-order valence-electron chi connectivity index (χ4n) is 15.2. The monoisotopic (exact) mass is 1770 g/mol. The normalized spacial score (nSPS) is 26.3. The Hall–Kier alpha value is -10.8. The molecule has 35 nitrogen and oxygen atoms in total. The molecule has 21 N–H and O–H groups in total. The lowest BCUT2D eigenvalue weighted by molar-refractivity contribution is -0.277. The number of nitrogens with one attached hydrogen (secondary N) is 9. The van der Waals surface area contributed by atoms with Crippen molar-refractivity contribution in [2.24, 2.45) is 11.7 Å². The Labute approximate surface area is 726 Å². The zero-order chi connectivity index (χ0) is 89.6. The highest BCUT2D eigenvalue weighted by atomic mass is 35.5. The number of benzene rings is 7. The molecule has 2 saturated heterocycles. The Kier molecular flexibility index (Phi) is 29.5. The number of hydrogen-bond acceptors (Lipinski definition) is 27. The second-order valence-corrected chi connectivity index (χ2v) is 33.1. The van der Waals surface area contributed by atoms with E-state index in [1.54, 1.807) is 40.1 Å². The van der Waals surface area contributed by atoms with Crippen LogP contribution in [-0.4, -0.2) is 223 Å². The molecule has 0 spiro atoms. The van der Waals surface area contributed by atoms with Gasteiger partial charge in [0.2, 0.25) is 53.4 Å². The number of carboxylic acid groups (broad SMARTS) is 1. The molecule has 0 aromatic heterocycles. The Morgan fingerprint density at radius 3 is 1.91 bits per heavy atom. The molecule has 0 aliphatic carbocycles. The minimum absolute atomic E-state index is 0.109. The number of nitrogens with two attached hydrogens (primary N) is 1. The maximum atomic E-state index is 16.6. The van der Waals surface area contributed by atoms with Crippen molar-refractivity contribution < 1.29 is 118 Å². The van der Waals surface area contributed by atoms with Crippen molar-refractivity contribution in [2.45, 2.75) is 169 Å². The number of aliphatic hydroxyl groups is 6. The van der Waals surface area contributed by atoms with Gasteiger partial charge in [0.15, 0.2) is 23.8 Å². The van der Waals surface area contributed by atoms with Gasteiger partial charge in [-0.1, -0.05) is 115 Å². The van der Waals surface area contributed by atoms with Gasteiger partial charge in [0.25, 0.3) is 0 Å². The molecule has 124 heavy (non-hydrogen) atoms. The van der Waals surface area contributed by atoms with E-state index in [-0.39, 0.29) is 71.4 Å². The van der Waals surface area contributed by atoms with E-state index < -0.39 is 237 Å². The molecule has 2 fully saturated rings. The van der Waals surface area contributed by atoms with E-state index in [2.05, 4.69) is 47.9 Å². The first-order valence-electron chi connectivity index (χ1n) is 39.7. The van der Waals surface area contributed by atoms with Crippen molar-refractivity contribution in [3.05, 3.63) is 186 Å². The maximum absolute atomic E-state index is 16.6. The van der Waals surface area contributed by atoms with Gasteiger partial charge in [0, 0.05) is 59.9 Å². The first kappa shape index (κ1) is 92.4. The lowest BCUT2D eigenvalue weighted by Crippen LogP contribution is -2.63. The molecule has 7 aliphatic heterocycles. The summed E-state index contributed by atoms with van der Waals surface area (Å²) < 4.78 is 39.2. The summed E-state index contributed by atoms with van der Waals surface area (Å²) in [6, 6.07) is 13.8. The van der Waals surface area contributed by atoms with Crippen molar-refractivity contribution in [3.63, 3.8) is 0 Å². The molecule has 38 heteroatoms. The fraction of sp³-hybridized carbons (Fsp3) is 0.395. The number of aliphatic hydroxyl groups excluding tert-OH is 6. The Balaban J connectivity index is 1.07. The number of ether oxygens (including phenoxy) is 6. The number of aliphatic carboxylic acids is 1.